The fourth-order valence-electron chi connectivity index (χ4n) is 3.87. The number of pyridine rings is 1. The minimum Gasteiger partial charge on any atom is -0.494 e. The number of nitrogens with one attached hydrogen (secondary N) is 1. The first-order valence-electron chi connectivity index (χ1n) is 10.7. The van der Waals surface area contributed by atoms with Gasteiger partial charge >= 0.3 is 0 Å². The molecule has 1 aromatic heterocycles. The Balaban J connectivity index is 1.43. The highest BCUT2D eigenvalue weighted by Gasteiger charge is 2.20. The summed E-state index contributed by atoms with van der Waals surface area (Å²) < 4.78 is 10.5. The predicted molar refractivity (Wildman–Crippen MR) is 115 cm³/mol. The minimum absolute atomic E-state index is 0.136. The molecule has 0 unspecified atom stereocenters. The van der Waals surface area contributed by atoms with Gasteiger partial charge in [-0.3, -0.25) is 14.7 Å². The zero-order valence-corrected chi connectivity index (χ0v) is 17.7. The van der Waals surface area contributed by atoms with Crippen LogP contribution in [-0.4, -0.2) is 55.7 Å². The third kappa shape index (κ3) is 6.68. The Morgan fingerprint density at radius 2 is 2.07 bits per heavy atom. The van der Waals surface area contributed by atoms with E-state index >= 15 is 0 Å². The topological polar surface area (TPSA) is 63.7 Å². The first-order chi connectivity index (χ1) is 14.2. The van der Waals surface area contributed by atoms with Crippen LogP contribution in [-0.2, 0) is 16.1 Å². The summed E-state index contributed by atoms with van der Waals surface area (Å²) in [6.45, 7) is 6.85. The van der Waals surface area contributed by atoms with Gasteiger partial charge in [0.1, 0.15) is 5.75 Å². The zero-order valence-electron chi connectivity index (χ0n) is 17.7. The first kappa shape index (κ1) is 21.5. The highest BCUT2D eigenvalue weighted by Crippen LogP contribution is 2.24. The van der Waals surface area contributed by atoms with Crippen LogP contribution in [0.5, 0.6) is 5.75 Å². The standard InChI is InChI=1S/C23H33N3O3/c1-3-29-21-7-8-22-19(16-21)5-6-20(25-22)17-26-13-10-18(11-14-26)4-9-23(27)24-12-15-28-2/h5-8,16,18H,3-4,9-15,17H2,1-2H3,(H,24,27). The van der Waals surface area contributed by atoms with Crippen molar-refractivity contribution in [1.29, 1.82) is 0 Å². The molecule has 2 heterocycles. The number of piperidine rings is 1. The fourth-order valence-corrected chi connectivity index (χ4v) is 3.87. The molecule has 1 N–H and O–H groups in total. The maximum atomic E-state index is 11.8. The van der Waals surface area contributed by atoms with Crippen LogP contribution >= 0.6 is 0 Å². The van der Waals surface area contributed by atoms with Gasteiger partial charge in [-0.05, 0) is 69.5 Å². The van der Waals surface area contributed by atoms with Gasteiger partial charge in [-0.2, -0.15) is 0 Å². The van der Waals surface area contributed by atoms with Crippen LogP contribution in [0.4, 0.5) is 0 Å². The molecule has 0 aliphatic carbocycles. The van der Waals surface area contributed by atoms with Crippen molar-refractivity contribution < 1.29 is 14.3 Å². The van der Waals surface area contributed by atoms with E-state index in [4.69, 9.17) is 14.5 Å². The molecule has 1 aromatic carbocycles. The second kappa shape index (κ2) is 11.1. The largest absolute Gasteiger partial charge is 0.494 e. The van der Waals surface area contributed by atoms with E-state index in [9.17, 15) is 4.79 Å². The van der Waals surface area contributed by atoms with E-state index in [1.54, 1.807) is 7.11 Å². The van der Waals surface area contributed by atoms with Gasteiger partial charge in [0.25, 0.3) is 0 Å². The normalized spacial score (nSPS) is 15.5. The van der Waals surface area contributed by atoms with Gasteiger partial charge in [0, 0.05) is 32.0 Å². The second-order valence-electron chi connectivity index (χ2n) is 7.69. The maximum Gasteiger partial charge on any atom is 0.220 e. The Bertz CT molecular complexity index is 788. The highest BCUT2D eigenvalue weighted by atomic mass is 16.5. The first-order valence-corrected chi connectivity index (χ1v) is 10.7. The van der Waals surface area contributed by atoms with E-state index in [1.807, 2.05) is 25.1 Å². The molecule has 29 heavy (non-hydrogen) atoms. The van der Waals surface area contributed by atoms with E-state index in [0.717, 1.165) is 61.2 Å². The van der Waals surface area contributed by atoms with Crippen LogP contribution in [0.2, 0.25) is 0 Å². The van der Waals surface area contributed by atoms with Gasteiger partial charge in [0.2, 0.25) is 5.91 Å². The number of likely N-dealkylation sites (tertiary alicyclic amines) is 1. The molecule has 6 heteroatoms. The number of hydrogen-bond donors (Lipinski definition) is 1. The number of carbonyl (C=O) groups excluding carboxylic acids is 1. The van der Waals surface area contributed by atoms with Crippen molar-refractivity contribution in [2.24, 2.45) is 5.92 Å². The molecule has 0 saturated carbocycles. The molecule has 1 amide bonds. The number of amides is 1. The molecule has 1 aliphatic rings. The van der Waals surface area contributed by atoms with Gasteiger partial charge in [0.05, 0.1) is 24.4 Å². The molecular formula is C23H33N3O3. The summed E-state index contributed by atoms with van der Waals surface area (Å²) in [5, 5.41) is 4.01. The van der Waals surface area contributed by atoms with Crippen molar-refractivity contribution in [1.82, 2.24) is 15.2 Å². The summed E-state index contributed by atoms with van der Waals surface area (Å²) in [4.78, 5) is 19.1. The van der Waals surface area contributed by atoms with E-state index in [2.05, 4.69) is 22.3 Å². The Morgan fingerprint density at radius 3 is 2.83 bits per heavy atom. The fraction of sp³-hybridized carbons (Fsp3) is 0.565. The minimum atomic E-state index is 0.136. The number of benzene rings is 1. The van der Waals surface area contributed by atoms with Crippen LogP contribution in [0, 0.1) is 5.92 Å². The average molecular weight is 400 g/mol. The number of ether oxygens (including phenoxy) is 2. The van der Waals surface area contributed by atoms with Crippen LogP contribution in [0.15, 0.2) is 30.3 Å². The summed E-state index contributed by atoms with van der Waals surface area (Å²) in [6.07, 6.45) is 3.89. The molecule has 1 fully saturated rings. The van der Waals surface area contributed by atoms with Crippen molar-refractivity contribution in [3.05, 3.63) is 36.0 Å². The van der Waals surface area contributed by atoms with Gasteiger partial charge in [-0.15, -0.1) is 0 Å². The van der Waals surface area contributed by atoms with E-state index in [-0.39, 0.29) is 5.91 Å². The Labute approximate surface area is 173 Å². The monoisotopic (exact) mass is 399 g/mol. The Morgan fingerprint density at radius 1 is 1.24 bits per heavy atom. The Hall–Kier alpha value is -2.18. The summed E-state index contributed by atoms with van der Waals surface area (Å²) in [7, 11) is 1.64. The van der Waals surface area contributed by atoms with Crippen molar-refractivity contribution >= 4 is 16.8 Å². The lowest BCUT2D eigenvalue weighted by molar-refractivity contribution is -0.121. The van der Waals surface area contributed by atoms with Crippen molar-refractivity contribution in [3.8, 4) is 5.75 Å². The summed E-state index contributed by atoms with van der Waals surface area (Å²) >= 11 is 0. The van der Waals surface area contributed by atoms with Gasteiger partial charge in [0.15, 0.2) is 0 Å². The lowest BCUT2D eigenvalue weighted by Crippen LogP contribution is -2.34. The van der Waals surface area contributed by atoms with Gasteiger partial charge in [-0.25, -0.2) is 0 Å². The number of fused-ring (bicyclic) bond motifs is 1. The lowest BCUT2D eigenvalue weighted by atomic mass is 9.92. The third-order valence-corrected chi connectivity index (χ3v) is 5.53. The second-order valence-corrected chi connectivity index (χ2v) is 7.69. The summed E-state index contributed by atoms with van der Waals surface area (Å²) in [5.41, 5.74) is 2.12. The van der Waals surface area contributed by atoms with Crippen LogP contribution in [0.25, 0.3) is 10.9 Å². The zero-order chi connectivity index (χ0) is 20.5. The van der Waals surface area contributed by atoms with Gasteiger partial charge in [-0.1, -0.05) is 6.07 Å². The summed E-state index contributed by atoms with van der Waals surface area (Å²) in [6, 6.07) is 10.3. The number of methoxy groups -OCH3 is 1. The van der Waals surface area contributed by atoms with Crippen molar-refractivity contribution in [3.63, 3.8) is 0 Å². The van der Waals surface area contributed by atoms with E-state index in [0.29, 0.717) is 32.1 Å². The summed E-state index contributed by atoms with van der Waals surface area (Å²) in [5.74, 6) is 1.67. The van der Waals surface area contributed by atoms with Crippen LogP contribution < -0.4 is 10.1 Å². The molecule has 158 valence electrons. The molecule has 0 bridgehead atoms. The molecule has 0 atom stereocenters. The van der Waals surface area contributed by atoms with E-state index in [1.165, 1.54) is 0 Å². The number of rotatable bonds is 10. The smallest absolute Gasteiger partial charge is 0.220 e. The van der Waals surface area contributed by atoms with E-state index < -0.39 is 0 Å². The quantitative estimate of drug-likeness (QED) is 0.621. The van der Waals surface area contributed by atoms with Crippen LogP contribution in [0.1, 0.15) is 38.3 Å². The molecule has 1 saturated heterocycles. The van der Waals surface area contributed by atoms with Crippen LogP contribution in [0.3, 0.4) is 0 Å². The molecule has 0 spiro atoms. The molecule has 0 radical (unpaired) electrons. The maximum absolute atomic E-state index is 11.8. The molecular weight excluding hydrogens is 366 g/mol. The number of nitrogens with zero attached hydrogens (tertiary/aromatic N) is 2. The highest BCUT2D eigenvalue weighted by molar-refractivity contribution is 5.80. The number of hydrogen-bond acceptors (Lipinski definition) is 5. The van der Waals surface area contributed by atoms with Crippen molar-refractivity contribution in [2.45, 2.75) is 39.2 Å². The molecule has 6 nitrogen and oxygen atoms in total. The SMILES string of the molecule is CCOc1ccc2nc(CN3CCC(CCC(=O)NCCOC)CC3)ccc2c1. The van der Waals surface area contributed by atoms with Gasteiger partial charge < -0.3 is 14.8 Å². The number of aromatic nitrogens is 1. The molecule has 1 aliphatic heterocycles. The number of carbonyl (C=O) groups is 1. The predicted octanol–water partition coefficient (Wildman–Crippen LogP) is 3.39. The van der Waals surface area contributed by atoms with Crippen molar-refractivity contribution in [2.75, 3.05) is 40.0 Å². The lowest BCUT2D eigenvalue weighted by Gasteiger charge is -2.31. The third-order valence-electron chi connectivity index (χ3n) is 5.53. The molecule has 3 rings (SSSR count). The molecule has 2 aromatic rings. The Kier molecular flexibility index (Phi) is 8.25. The average Bonchev–Trinajstić information content (AvgIpc) is 2.74.